The van der Waals surface area contributed by atoms with Crippen molar-refractivity contribution in [3.63, 3.8) is 0 Å². The van der Waals surface area contributed by atoms with E-state index in [1.165, 1.54) is 5.56 Å². The summed E-state index contributed by atoms with van der Waals surface area (Å²) in [6.45, 7) is 7.54. The third kappa shape index (κ3) is 5.40. The standard InChI is InChI=1S/C26H40N2O5Si/c1-18-22(13-10-19-8-11-20(12-9-19)27-15-5-7-24(27)30)33-23(26(18)34(2,3)32)16-25(31)28-14-4-6-21(28)17-29/h8-9,11-12,18,21-23,26,29,32H,4-7,10,13-17H2,1-3H3/t18-,21-,22+,23-,26+/m0/s1. The number of aliphatic hydroxyl groups is 1. The van der Waals surface area contributed by atoms with Gasteiger partial charge in [0.15, 0.2) is 8.32 Å². The number of ether oxygens (including phenoxy) is 1. The Morgan fingerprint density at radius 2 is 1.88 bits per heavy atom. The summed E-state index contributed by atoms with van der Waals surface area (Å²) in [6.07, 6.45) is 5.00. The number of carbonyl (C=O) groups excluding carboxylic acids is 2. The molecule has 0 aromatic heterocycles. The lowest BCUT2D eigenvalue weighted by atomic mass is 9.95. The fourth-order valence-electron chi connectivity index (χ4n) is 6.32. The van der Waals surface area contributed by atoms with Gasteiger partial charge in [0, 0.05) is 30.7 Å². The predicted octanol–water partition coefficient (Wildman–Crippen LogP) is 3.09. The minimum atomic E-state index is -2.54. The second-order valence-corrected chi connectivity index (χ2v) is 14.8. The topological polar surface area (TPSA) is 90.3 Å². The Labute approximate surface area is 204 Å². The third-order valence-corrected chi connectivity index (χ3v) is 10.6. The minimum absolute atomic E-state index is 0.000171. The van der Waals surface area contributed by atoms with Gasteiger partial charge < -0.3 is 24.4 Å². The van der Waals surface area contributed by atoms with Gasteiger partial charge in [-0.1, -0.05) is 19.1 Å². The van der Waals surface area contributed by atoms with Crippen molar-refractivity contribution in [1.29, 1.82) is 0 Å². The third-order valence-electron chi connectivity index (χ3n) is 8.04. The zero-order valence-electron chi connectivity index (χ0n) is 20.8. The van der Waals surface area contributed by atoms with Crippen molar-refractivity contribution < 1.29 is 24.2 Å². The minimum Gasteiger partial charge on any atom is -0.432 e. The van der Waals surface area contributed by atoms with Gasteiger partial charge in [-0.3, -0.25) is 9.59 Å². The van der Waals surface area contributed by atoms with Crippen LogP contribution < -0.4 is 4.90 Å². The summed E-state index contributed by atoms with van der Waals surface area (Å²) in [5.74, 6) is 0.408. The van der Waals surface area contributed by atoms with E-state index in [-0.39, 0.29) is 54.6 Å². The highest BCUT2D eigenvalue weighted by molar-refractivity contribution is 6.71. The Balaban J connectivity index is 1.38. The molecule has 3 aliphatic heterocycles. The van der Waals surface area contributed by atoms with Crippen LogP contribution in [0.5, 0.6) is 0 Å². The number of rotatable bonds is 8. The fourth-order valence-corrected chi connectivity index (χ4v) is 8.93. The number of aliphatic hydroxyl groups excluding tert-OH is 1. The molecule has 7 nitrogen and oxygen atoms in total. The van der Waals surface area contributed by atoms with E-state index in [1.54, 1.807) is 4.90 Å². The quantitative estimate of drug-likeness (QED) is 0.549. The summed E-state index contributed by atoms with van der Waals surface area (Å²) < 4.78 is 6.46. The van der Waals surface area contributed by atoms with Gasteiger partial charge in [-0.15, -0.1) is 0 Å². The van der Waals surface area contributed by atoms with Crippen LogP contribution in [0.15, 0.2) is 24.3 Å². The average Bonchev–Trinajstić information content (AvgIpc) is 3.51. The summed E-state index contributed by atoms with van der Waals surface area (Å²) in [5.41, 5.74) is 2.16. The van der Waals surface area contributed by atoms with Gasteiger partial charge in [-0.2, -0.15) is 0 Å². The first kappa shape index (κ1) is 25.4. The second-order valence-electron chi connectivity index (χ2n) is 10.9. The maximum Gasteiger partial charge on any atom is 0.227 e. The smallest absolute Gasteiger partial charge is 0.227 e. The van der Waals surface area contributed by atoms with E-state index in [2.05, 4.69) is 19.1 Å². The number of hydrogen-bond acceptors (Lipinski definition) is 5. The van der Waals surface area contributed by atoms with E-state index < -0.39 is 8.32 Å². The molecule has 0 radical (unpaired) electrons. The Morgan fingerprint density at radius 1 is 1.15 bits per heavy atom. The Bertz CT molecular complexity index is 871. The first-order valence-corrected chi connectivity index (χ1v) is 15.9. The van der Waals surface area contributed by atoms with Gasteiger partial charge in [-0.25, -0.2) is 0 Å². The van der Waals surface area contributed by atoms with Gasteiger partial charge >= 0.3 is 0 Å². The number of nitrogens with zero attached hydrogens (tertiary/aromatic N) is 2. The molecule has 2 N–H and O–H groups in total. The molecule has 1 aromatic carbocycles. The van der Waals surface area contributed by atoms with E-state index in [9.17, 15) is 19.5 Å². The summed E-state index contributed by atoms with van der Waals surface area (Å²) in [6, 6.07) is 8.15. The molecule has 0 saturated carbocycles. The second kappa shape index (κ2) is 10.5. The highest BCUT2D eigenvalue weighted by Crippen LogP contribution is 2.45. The lowest BCUT2D eigenvalue weighted by Gasteiger charge is -2.31. The summed E-state index contributed by atoms with van der Waals surface area (Å²) in [7, 11) is -2.54. The largest absolute Gasteiger partial charge is 0.432 e. The van der Waals surface area contributed by atoms with E-state index in [4.69, 9.17) is 4.74 Å². The van der Waals surface area contributed by atoms with E-state index >= 15 is 0 Å². The summed E-state index contributed by atoms with van der Waals surface area (Å²) in [5, 5.41) is 9.60. The molecule has 0 unspecified atom stereocenters. The number of anilines is 1. The van der Waals surface area contributed by atoms with Gasteiger partial charge in [0.25, 0.3) is 0 Å². The van der Waals surface area contributed by atoms with Crippen molar-refractivity contribution in [2.24, 2.45) is 5.92 Å². The van der Waals surface area contributed by atoms with Crippen LogP contribution in [0.4, 0.5) is 5.69 Å². The first-order valence-electron chi connectivity index (χ1n) is 12.9. The molecule has 188 valence electrons. The molecule has 1 aromatic rings. The first-order chi connectivity index (χ1) is 16.2. The fraction of sp³-hybridized carbons (Fsp3) is 0.692. The highest BCUT2D eigenvalue weighted by Gasteiger charge is 2.50. The van der Waals surface area contributed by atoms with Gasteiger partial charge in [-0.05, 0) is 68.8 Å². The molecular weight excluding hydrogens is 448 g/mol. The monoisotopic (exact) mass is 488 g/mol. The van der Waals surface area contributed by atoms with Crippen LogP contribution in [0, 0.1) is 5.92 Å². The number of hydrogen-bond donors (Lipinski definition) is 2. The molecule has 3 saturated heterocycles. The maximum atomic E-state index is 13.0. The molecule has 2 amide bonds. The van der Waals surface area contributed by atoms with Crippen LogP contribution in [0.25, 0.3) is 0 Å². The van der Waals surface area contributed by atoms with Crippen molar-refractivity contribution in [2.75, 3.05) is 24.6 Å². The van der Waals surface area contributed by atoms with Crippen LogP contribution in [-0.2, 0) is 20.7 Å². The molecular formula is C26H40N2O5Si. The van der Waals surface area contributed by atoms with Gasteiger partial charge in [0.2, 0.25) is 11.8 Å². The van der Waals surface area contributed by atoms with Crippen LogP contribution in [0.1, 0.15) is 51.0 Å². The maximum absolute atomic E-state index is 13.0. The predicted molar refractivity (Wildman–Crippen MR) is 134 cm³/mol. The lowest BCUT2D eigenvalue weighted by Crippen LogP contribution is -2.43. The summed E-state index contributed by atoms with van der Waals surface area (Å²) in [4.78, 5) is 39.7. The van der Waals surface area contributed by atoms with Crippen molar-refractivity contribution in [2.45, 2.75) is 88.8 Å². The van der Waals surface area contributed by atoms with Crippen LogP contribution in [-0.4, -0.2) is 72.9 Å². The zero-order valence-corrected chi connectivity index (χ0v) is 21.8. The Hall–Kier alpha value is -1.74. The van der Waals surface area contributed by atoms with Crippen molar-refractivity contribution in [3.8, 4) is 0 Å². The van der Waals surface area contributed by atoms with Crippen molar-refractivity contribution >= 4 is 25.8 Å². The number of amides is 2. The number of likely N-dealkylation sites (tertiary alicyclic amines) is 1. The van der Waals surface area contributed by atoms with Crippen molar-refractivity contribution in [1.82, 2.24) is 4.90 Å². The molecule has 3 aliphatic rings. The molecule has 8 heteroatoms. The normalized spacial score (nSPS) is 29.9. The Kier molecular flexibility index (Phi) is 7.81. The number of benzene rings is 1. The summed E-state index contributed by atoms with van der Waals surface area (Å²) >= 11 is 0. The number of carbonyl (C=O) groups is 2. The molecule has 4 rings (SSSR count). The van der Waals surface area contributed by atoms with Crippen LogP contribution in [0.3, 0.4) is 0 Å². The van der Waals surface area contributed by atoms with Crippen molar-refractivity contribution in [3.05, 3.63) is 29.8 Å². The average molecular weight is 489 g/mol. The molecule has 0 bridgehead atoms. The van der Waals surface area contributed by atoms with Crippen LogP contribution >= 0.6 is 0 Å². The van der Waals surface area contributed by atoms with E-state index in [1.807, 2.05) is 30.1 Å². The SMILES string of the molecule is C[C@@H]1[C@@H]([Si](C)(C)O)[C@H](CC(=O)N2CCC[C@H]2CO)O[C@@H]1CCc1ccc(N2CCCC2=O)cc1. The molecule has 3 fully saturated rings. The van der Waals surface area contributed by atoms with Gasteiger partial charge in [0.05, 0.1) is 31.3 Å². The lowest BCUT2D eigenvalue weighted by molar-refractivity contribution is -0.135. The molecule has 0 aliphatic carbocycles. The van der Waals surface area contributed by atoms with E-state index in [0.29, 0.717) is 13.0 Å². The highest BCUT2D eigenvalue weighted by atomic mass is 28.4. The Morgan fingerprint density at radius 3 is 2.50 bits per heavy atom. The molecule has 3 heterocycles. The molecule has 34 heavy (non-hydrogen) atoms. The number of aryl methyl sites for hydroxylation is 1. The van der Waals surface area contributed by atoms with Gasteiger partial charge in [0.1, 0.15) is 0 Å². The zero-order chi connectivity index (χ0) is 24.5. The molecule has 5 atom stereocenters. The van der Waals surface area contributed by atoms with Crippen LogP contribution in [0.2, 0.25) is 18.6 Å². The van der Waals surface area contributed by atoms with E-state index in [0.717, 1.165) is 44.3 Å². The molecule has 0 spiro atoms.